The lowest BCUT2D eigenvalue weighted by Gasteiger charge is -2.10. The van der Waals surface area contributed by atoms with Crippen molar-refractivity contribution in [3.8, 4) is 11.5 Å². The number of phenols is 1. The second-order valence-corrected chi connectivity index (χ2v) is 4.88. The first-order valence-electron chi connectivity index (χ1n) is 6.62. The van der Waals surface area contributed by atoms with E-state index in [2.05, 4.69) is 10.5 Å². The van der Waals surface area contributed by atoms with E-state index in [4.69, 9.17) is 4.74 Å². The molecule has 2 N–H and O–H groups in total. The molecule has 0 aliphatic carbocycles. The van der Waals surface area contributed by atoms with E-state index in [-0.39, 0.29) is 17.6 Å². The molecule has 0 radical (unpaired) electrons. The van der Waals surface area contributed by atoms with Crippen LogP contribution in [0.2, 0.25) is 0 Å². The quantitative estimate of drug-likeness (QED) is 0.912. The fraction of sp³-hybridized carbons (Fsp3) is 0.188. The Morgan fingerprint density at radius 1 is 1.24 bits per heavy atom. The molecule has 0 aromatic heterocycles. The molecule has 0 unspecified atom stereocenters. The molecule has 0 saturated carbocycles. The molecule has 2 aromatic carbocycles. The Hall–Kier alpha value is -2.56. The molecule has 1 aliphatic rings. The van der Waals surface area contributed by atoms with Gasteiger partial charge in [0.05, 0.1) is 18.9 Å². The highest BCUT2D eigenvalue weighted by molar-refractivity contribution is 6.04. The summed E-state index contributed by atoms with van der Waals surface area (Å²) in [5.74, 6) is 0.565. The molecule has 108 valence electrons. The van der Waals surface area contributed by atoms with Crippen LogP contribution in [0.4, 0.5) is 4.39 Å². The molecule has 2 aromatic rings. The van der Waals surface area contributed by atoms with E-state index in [0.717, 1.165) is 11.3 Å². The van der Waals surface area contributed by atoms with Gasteiger partial charge in [-0.05, 0) is 35.9 Å². The highest BCUT2D eigenvalue weighted by atomic mass is 19.1. The van der Waals surface area contributed by atoms with E-state index in [0.29, 0.717) is 17.7 Å². The number of halogens is 1. The largest absolute Gasteiger partial charge is 0.507 e. The van der Waals surface area contributed by atoms with Crippen molar-refractivity contribution in [1.82, 2.24) is 5.43 Å². The van der Waals surface area contributed by atoms with Crippen molar-refractivity contribution in [3.63, 3.8) is 0 Å². The normalized spacial score (nSPS) is 17.2. The number of phenolic OH excluding ortho intramolecular Hbond substituents is 1. The summed E-state index contributed by atoms with van der Waals surface area (Å²) in [6.07, 6.45) is 0.617. The molecule has 1 aliphatic heterocycles. The first-order chi connectivity index (χ1) is 10.2. The number of nitrogens with one attached hydrogen (secondary N) is 1. The van der Waals surface area contributed by atoms with E-state index < -0.39 is 0 Å². The summed E-state index contributed by atoms with van der Waals surface area (Å²) in [4.78, 5) is 0. The van der Waals surface area contributed by atoms with Gasteiger partial charge in [0.15, 0.2) is 0 Å². The van der Waals surface area contributed by atoms with E-state index >= 15 is 0 Å². The monoisotopic (exact) mass is 286 g/mol. The number of ether oxygens (including phenoxy) is 1. The topological polar surface area (TPSA) is 53.9 Å². The van der Waals surface area contributed by atoms with Crippen molar-refractivity contribution in [2.24, 2.45) is 5.10 Å². The molecule has 1 atom stereocenters. The standard InChI is InChI=1S/C16H15FN2O2/c1-21-12-6-7-16(20)13(8-12)15-9-14(18-19-15)10-2-4-11(17)5-3-10/h2-8,14,18,20H,9H2,1H3/t14-/m0/s1. The molecule has 0 amide bonds. The molecular weight excluding hydrogens is 271 g/mol. The number of nitrogens with zero attached hydrogens (tertiary/aromatic N) is 1. The van der Waals surface area contributed by atoms with E-state index in [9.17, 15) is 9.50 Å². The van der Waals surface area contributed by atoms with Gasteiger partial charge in [-0.3, -0.25) is 0 Å². The summed E-state index contributed by atoms with van der Waals surface area (Å²) in [6.45, 7) is 0. The second-order valence-electron chi connectivity index (χ2n) is 4.88. The Bertz CT molecular complexity index is 683. The van der Waals surface area contributed by atoms with Gasteiger partial charge >= 0.3 is 0 Å². The highest BCUT2D eigenvalue weighted by Crippen LogP contribution is 2.30. The molecule has 0 saturated heterocycles. The van der Waals surface area contributed by atoms with Crippen LogP contribution in [0.5, 0.6) is 11.5 Å². The van der Waals surface area contributed by atoms with Crippen LogP contribution < -0.4 is 10.2 Å². The minimum absolute atomic E-state index is 0.0220. The lowest BCUT2D eigenvalue weighted by molar-refractivity contribution is 0.412. The third-order valence-electron chi connectivity index (χ3n) is 3.54. The second kappa shape index (κ2) is 5.44. The number of benzene rings is 2. The molecular formula is C16H15FN2O2. The Labute approximate surface area is 121 Å². The highest BCUT2D eigenvalue weighted by Gasteiger charge is 2.23. The first kappa shape index (κ1) is 13.4. The number of rotatable bonds is 3. The minimum Gasteiger partial charge on any atom is -0.507 e. The van der Waals surface area contributed by atoms with Gasteiger partial charge in [0.1, 0.15) is 17.3 Å². The van der Waals surface area contributed by atoms with Gasteiger partial charge in [-0.1, -0.05) is 12.1 Å². The average molecular weight is 286 g/mol. The summed E-state index contributed by atoms with van der Waals surface area (Å²) >= 11 is 0. The molecule has 3 rings (SSSR count). The molecule has 0 spiro atoms. The maximum Gasteiger partial charge on any atom is 0.124 e. The predicted octanol–water partition coefficient (Wildman–Crippen LogP) is 2.98. The van der Waals surface area contributed by atoms with Crippen LogP contribution in [0.1, 0.15) is 23.6 Å². The third-order valence-corrected chi connectivity index (χ3v) is 3.54. The molecule has 4 nitrogen and oxygen atoms in total. The number of methoxy groups -OCH3 is 1. The van der Waals surface area contributed by atoms with Crippen molar-refractivity contribution in [3.05, 3.63) is 59.4 Å². The van der Waals surface area contributed by atoms with Gasteiger partial charge in [0.2, 0.25) is 0 Å². The predicted molar refractivity (Wildman–Crippen MR) is 78.1 cm³/mol. The van der Waals surface area contributed by atoms with Gasteiger partial charge in [-0.2, -0.15) is 5.10 Å². The van der Waals surface area contributed by atoms with E-state index in [1.165, 1.54) is 12.1 Å². The molecule has 0 bridgehead atoms. The summed E-state index contributed by atoms with van der Waals surface area (Å²) < 4.78 is 18.1. The van der Waals surface area contributed by atoms with Crippen LogP contribution in [-0.2, 0) is 0 Å². The van der Waals surface area contributed by atoms with Gasteiger partial charge in [0, 0.05) is 12.0 Å². The Morgan fingerprint density at radius 3 is 2.71 bits per heavy atom. The molecule has 21 heavy (non-hydrogen) atoms. The van der Waals surface area contributed by atoms with Crippen molar-refractivity contribution < 1.29 is 14.2 Å². The molecule has 1 heterocycles. The number of hydrazone groups is 1. The SMILES string of the molecule is COc1ccc(O)c(C2=NN[C@H](c3ccc(F)cc3)C2)c1. The Balaban J connectivity index is 1.82. The fourth-order valence-corrected chi connectivity index (χ4v) is 2.37. The summed E-state index contributed by atoms with van der Waals surface area (Å²) in [5.41, 5.74) is 5.37. The number of hydrogen-bond acceptors (Lipinski definition) is 4. The van der Waals surface area contributed by atoms with Crippen molar-refractivity contribution in [1.29, 1.82) is 0 Å². The lowest BCUT2D eigenvalue weighted by atomic mass is 9.98. The van der Waals surface area contributed by atoms with Gasteiger partial charge in [-0.15, -0.1) is 0 Å². The Morgan fingerprint density at radius 2 is 2.00 bits per heavy atom. The zero-order valence-electron chi connectivity index (χ0n) is 11.5. The van der Waals surface area contributed by atoms with Crippen LogP contribution in [0.25, 0.3) is 0 Å². The van der Waals surface area contributed by atoms with Crippen LogP contribution in [0.15, 0.2) is 47.6 Å². The number of aromatic hydroxyl groups is 1. The zero-order chi connectivity index (χ0) is 14.8. The van der Waals surface area contributed by atoms with Gasteiger partial charge in [-0.25, -0.2) is 4.39 Å². The van der Waals surface area contributed by atoms with E-state index in [1.54, 1.807) is 37.4 Å². The van der Waals surface area contributed by atoms with Crippen LogP contribution in [0, 0.1) is 5.82 Å². The summed E-state index contributed by atoms with van der Waals surface area (Å²) in [6, 6.07) is 11.3. The summed E-state index contributed by atoms with van der Waals surface area (Å²) in [5, 5.41) is 14.3. The van der Waals surface area contributed by atoms with Crippen LogP contribution in [-0.4, -0.2) is 17.9 Å². The number of hydrogen-bond donors (Lipinski definition) is 2. The Kier molecular flexibility index (Phi) is 3.48. The fourth-order valence-electron chi connectivity index (χ4n) is 2.37. The van der Waals surface area contributed by atoms with Crippen LogP contribution >= 0.6 is 0 Å². The average Bonchev–Trinajstić information content (AvgIpc) is 2.98. The van der Waals surface area contributed by atoms with E-state index in [1.807, 2.05) is 0 Å². The smallest absolute Gasteiger partial charge is 0.124 e. The maximum absolute atomic E-state index is 13.0. The summed E-state index contributed by atoms with van der Waals surface area (Å²) in [7, 11) is 1.58. The first-order valence-corrected chi connectivity index (χ1v) is 6.62. The molecule has 0 fully saturated rings. The minimum atomic E-state index is -0.261. The maximum atomic E-state index is 13.0. The van der Waals surface area contributed by atoms with Crippen molar-refractivity contribution in [2.75, 3.05) is 7.11 Å². The van der Waals surface area contributed by atoms with Crippen LogP contribution in [0.3, 0.4) is 0 Å². The molecule has 5 heteroatoms. The lowest BCUT2D eigenvalue weighted by Crippen LogP contribution is -2.09. The van der Waals surface area contributed by atoms with Crippen molar-refractivity contribution in [2.45, 2.75) is 12.5 Å². The van der Waals surface area contributed by atoms with Gasteiger partial charge < -0.3 is 15.3 Å². The van der Waals surface area contributed by atoms with Gasteiger partial charge in [0.25, 0.3) is 0 Å². The third kappa shape index (κ3) is 2.67. The van der Waals surface area contributed by atoms with Crippen molar-refractivity contribution >= 4 is 5.71 Å². The zero-order valence-corrected chi connectivity index (χ0v) is 11.5.